The van der Waals surface area contributed by atoms with Crippen LogP contribution in [0.25, 0.3) is 0 Å². The van der Waals surface area contributed by atoms with E-state index in [1.54, 1.807) is 24.0 Å². The smallest absolute Gasteiger partial charge is 0.271 e. The van der Waals surface area contributed by atoms with Gasteiger partial charge >= 0.3 is 0 Å². The summed E-state index contributed by atoms with van der Waals surface area (Å²) in [4.78, 5) is 11.4. The van der Waals surface area contributed by atoms with Gasteiger partial charge in [-0.3, -0.25) is 9.48 Å². The number of terminal acetylenes is 1. The summed E-state index contributed by atoms with van der Waals surface area (Å²) in [6, 6.07) is 1.68. The number of hydrogen-bond acceptors (Lipinski definition) is 2. The first-order valence-electron chi connectivity index (χ1n) is 4.45. The van der Waals surface area contributed by atoms with Crippen molar-refractivity contribution in [2.75, 3.05) is 6.54 Å². The van der Waals surface area contributed by atoms with Gasteiger partial charge in [-0.2, -0.15) is 5.10 Å². The summed E-state index contributed by atoms with van der Waals surface area (Å²) in [5.41, 5.74) is 0.438. The van der Waals surface area contributed by atoms with Crippen LogP contribution >= 0.6 is 0 Å². The first-order chi connectivity index (χ1) is 6.74. The van der Waals surface area contributed by atoms with Crippen molar-refractivity contribution in [3.05, 3.63) is 18.0 Å². The second-order valence-electron chi connectivity index (χ2n) is 2.94. The molecule has 1 aromatic rings. The van der Waals surface area contributed by atoms with Crippen LogP contribution in [0.1, 0.15) is 23.3 Å². The minimum Gasteiger partial charge on any atom is -0.351 e. The highest BCUT2D eigenvalue weighted by atomic mass is 16.1. The highest BCUT2D eigenvalue weighted by Gasteiger charge is 2.06. The van der Waals surface area contributed by atoms with E-state index in [1.165, 1.54) is 0 Å². The molecule has 0 atom stereocenters. The number of carbonyl (C=O) groups is 1. The van der Waals surface area contributed by atoms with E-state index in [9.17, 15) is 4.79 Å². The maximum absolute atomic E-state index is 11.4. The van der Waals surface area contributed by atoms with E-state index < -0.39 is 0 Å². The lowest BCUT2D eigenvalue weighted by Crippen LogP contribution is -2.24. The van der Waals surface area contributed by atoms with Crippen LogP contribution < -0.4 is 5.32 Å². The molecule has 1 amide bonds. The zero-order valence-electron chi connectivity index (χ0n) is 8.16. The fraction of sp³-hybridized carbons (Fsp3) is 0.400. The van der Waals surface area contributed by atoms with E-state index in [-0.39, 0.29) is 5.91 Å². The van der Waals surface area contributed by atoms with Gasteiger partial charge in [0.2, 0.25) is 0 Å². The minimum absolute atomic E-state index is 0.150. The molecule has 1 aromatic heterocycles. The normalized spacial score (nSPS) is 9.43. The predicted molar refractivity (Wildman–Crippen MR) is 53.6 cm³/mol. The Morgan fingerprint density at radius 2 is 2.57 bits per heavy atom. The summed E-state index contributed by atoms with van der Waals surface area (Å²) in [7, 11) is 1.77. The van der Waals surface area contributed by atoms with Crippen LogP contribution in [-0.4, -0.2) is 22.2 Å². The quantitative estimate of drug-likeness (QED) is 0.558. The third-order valence-corrected chi connectivity index (χ3v) is 1.73. The van der Waals surface area contributed by atoms with Gasteiger partial charge in [0, 0.05) is 26.2 Å². The number of amides is 1. The predicted octanol–water partition coefficient (Wildman–Crippen LogP) is 0.563. The summed E-state index contributed by atoms with van der Waals surface area (Å²) in [6.45, 7) is 0.597. The van der Waals surface area contributed by atoms with E-state index in [0.29, 0.717) is 18.7 Å². The molecule has 14 heavy (non-hydrogen) atoms. The molecule has 0 saturated heterocycles. The monoisotopic (exact) mass is 191 g/mol. The van der Waals surface area contributed by atoms with Crippen LogP contribution in [0.2, 0.25) is 0 Å². The van der Waals surface area contributed by atoms with Crippen LogP contribution in [0.5, 0.6) is 0 Å². The Morgan fingerprint density at radius 1 is 1.79 bits per heavy atom. The Balaban J connectivity index is 2.33. The average molecular weight is 191 g/mol. The Hall–Kier alpha value is -1.76. The lowest BCUT2D eigenvalue weighted by molar-refractivity contribution is 0.0947. The van der Waals surface area contributed by atoms with Gasteiger partial charge in [0.15, 0.2) is 0 Å². The number of unbranched alkanes of at least 4 members (excludes halogenated alkanes) is 1. The number of aryl methyl sites for hydroxylation is 1. The van der Waals surface area contributed by atoms with Gasteiger partial charge < -0.3 is 5.32 Å². The van der Waals surface area contributed by atoms with Gasteiger partial charge in [0.25, 0.3) is 5.91 Å². The molecule has 1 rings (SSSR count). The number of nitrogens with one attached hydrogen (secondary N) is 1. The Morgan fingerprint density at radius 3 is 3.14 bits per heavy atom. The van der Waals surface area contributed by atoms with Gasteiger partial charge in [-0.15, -0.1) is 12.3 Å². The second kappa shape index (κ2) is 5.07. The van der Waals surface area contributed by atoms with Crippen LogP contribution in [-0.2, 0) is 7.05 Å². The standard InChI is InChI=1S/C10H13N3O/c1-3-4-5-7-11-10(14)9-6-8-13(2)12-9/h1,6,8H,4-5,7H2,2H3,(H,11,14). The van der Waals surface area contributed by atoms with Crippen molar-refractivity contribution >= 4 is 5.91 Å². The van der Waals surface area contributed by atoms with Gasteiger partial charge in [0.05, 0.1) is 0 Å². The molecular formula is C10H13N3O. The minimum atomic E-state index is -0.150. The zero-order valence-corrected chi connectivity index (χ0v) is 8.16. The molecule has 0 aliphatic heterocycles. The van der Waals surface area contributed by atoms with E-state index in [1.807, 2.05) is 0 Å². The highest BCUT2D eigenvalue weighted by molar-refractivity contribution is 5.92. The Bertz CT molecular complexity index is 348. The number of hydrogen-bond donors (Lipinski definition) is 1. The average Bonchev–Trinajstić information content (AvgIpc) is 2.59. The van der Waals surface area contributed by atoms with E-state index in [4.69, 9.17) is 6.42 Å². The summed E-state index contributed by atoms with van der Waals surface area (Å²) in [5.74, 6) is 2.36. The van der Waals surface area contributed by atoms with Gasteiger partial charge in [-0.05, 0) is 12.5 Å². The molecule has 0 saturated carbocycles. The molecule has 4 nitrogen and oxygen atoms in total. The van der Waals surface area contributed by atoms with Crippen molar-refractivity contribution in [1.82, 2.24) is 15.1 Å². The number of rotatable bonds is 4. The summed E-state index contributed by atoms with van der Waals surface area (Å²) in [5, 5.41) is 6.71. The summed E-state index contributed by atoms with van der Waals surface area (Å²) >= 11 is 0. The lowest BCUT2D eigenvalue weighted by atomic mass is 10.3. The first-order valence-corrected chi connectivity index (χ1v) is 4.45. The lowest BCUT2D eigenvalue weighted by Gasteiger charge is -2.00. The topological polar surface area (TPSA) is 46.9 Å². The molecule has 1 heterocycles. The van der Waals surface area contributed by atoms with Crippen LogP contribution in [0, 0.1) is 12.3 Å². The van der Waals surface area contributed by atoms with Crippen molar-refractivity contribution in [3.63, 3.8) is 0 Å². The molecule has 0 aromatic carbocycles. The summed E-state index contributed by atoms with van der Waals surface area (Å²) in [6.07, 6.45) is 8.30. The highest BCUT2D eigenvalue weighted by Crippen LogP contribution is 1.93. The van der Waals surface area contributed by atoms with Gasteiger partial charge in [0.1, 0.15) is 5.69 Å². The molecule has 0 unspecified atom stereocenters. The fourth-order valence-corrected chi connectivity index (χ4v) is 1.02. The van der Waals surface area contributed by atoms with Crippen LogP contribution in [0.3, 0.4) is 0 Å². The second-order valence-corrected chi connectivity index (χ2v) is 2.94. The molecule has 74 valence electrons. The fourth-order valence-electron chi connectivity index (χ4n) is 1.02. The molecule has 0 spiro atoms. The molecule has 0 bridgehead atoms. The van der Waals surface area contributed by atoms with Gasteiger partial charge in [-0.1, -0.05) is 0 Å². The van der Waals surface area contributed by atoms with Crippen LogP contribution in [0.4, 0.5) is 0 Å². The van der Waals surface area contributed by atoms with E-state index in [2.05, 4.69) is 16.3 Å². The van der Waals surface area contributed by atoms with Gasteiger partial charge in [-0.25, -0.2) is 0 Å². The molecule has 0 fully saturated rings. The maximum Gasteiger partial charge on any atom is 0.271 e. The third kappa shape index (κ3) is 2.94. The van der Waals surface area contributed by atoms with Crippen molar-refractivity contribution in [1.29, 1.82) is 0 Å². The largest absolute Gasteiger partial charge is 0.351 e. The number of carbonyl (C=O) groups excluding carboxylic acids is 1. The van der Waals surface area contributed by atoms with Crippen molar-refractivity contribution < 1.29 is 4.79 Å². The van der Waals surface area contributed by atoms with Crippen molar-refractivity contribution in [2.24, 2.45) is 7.05 Å². The van der Waals surface area contributed by atoms with Crippen LogP contribution in [0.15, 0.2) is 12.3 Å². The molecular weight excluding hydrogens is 178 g/mol. The number of aromatic nitrogens is 2. The molecule has 0 aliphatic rings. The Labute approximate surface area is 83.3 Å². The zero-order chi connectivity index (χ0) is 10.4. The SMILES string of the molecule is C#CCCCNC(=O)c1ccn(C)n1. The molecule has 0 radical (unpaired) electrons. The molecule has 4 heteroatoms. The van der Waals surface area contributed by atoms with E-state index in [0.717, 1.165) is 6.42 Å². The molecule has 1 N–H and O–H groups in total. The van der Waals surface area contributed by atoms with Crippen molar-refractivity contribution in [3.8, 4) is 12.3 Å². The molecule has 0 aliphatic carbocycles. The third-order valence-electron chi connectivity index (χ3n) is 1.73. The maximum atomic E-state index is 11.4. The number of nitrogens with zero attached hydrogens (tertiary/aromatic N) is 2. The Kier molecular flexibility index (Phi) is 3.74. The van der Waals surface area contributed by atoms with E-state index >= 15 is 0 Å². The first kappa shape index (κ1) is 10.3. The van der Waals surface area contributed by atoms with Crippen molar-refractivity contribution in [2.45, 2.75) is 12.8 Å². The summed E-state index contributed by atoms with van der Waals surface area (Å²) < 4.78 is 1.59.